The lowest BCUT2D eigenvalue weighted by molar-refractivity contribution is -0.118. The molecule has 0 aromatic heterocycles. The summed E-state index contributed by atoms with van der Waals surface area (Å²) in [4.78, 5) is 12.0. The normalized spacial score (nSPS) is 11.8. The first kappa shape index (κ1) is 17.1. The Balaban J connectivity index is 1.86. The van der Waals surface area contributed by atoms with Gasteiger partial charge in [0, 0.05) is 5.69 Å². The lowest BCUT2D eigenvalue weighted by Crippen LogP contribution is -2.20. The summed E-state index contributed by atoms with van der Waals surface area (Å²) in [6.07, 6.45) is 2.06. The van der Waals surface area contributed by atoms with Crippen LogP contribution in [0.5, 0.6) is 5.75 Å². The van der Waals surface area contributed by atoms with E-state index in [1.165, 1.54) is 11.1 Å². The maximum Gasteiger partial charge on any atom is 0.262 e. The molecule has 3 heteroatoms. The minimum Gasteiger partial charge on any atom is -0.484 e. The van der Waals surface area contributed by atoms with Gasteiger partial charge in [-0.05, 0) is 54.2 Å². The molecule has 0 unspecified atom stereocenters. The summed E-state index contributed by atoms with van der Waals surface area (Å²) in [6, 6.07) is 15.8. The third kappa shape index (κ3) is 5.13. The molecule has 2 aromatic rings. The summed E-state index contributed by atoms with van der Waals surface area (Å²) in [6.45, 7) is 6.48. The number of hydrogen-bond acceptors (Lipinski definition) is 2. The summed E-state index contributed by atoms with van der Waals surface area (Å²) in [5.74, 6) is 1.11. The lowest BCUT2D eigenvalue weighted by Gasteiger charge is -2.11. The van der Waals surface area contributed by atoms with Crippen molar-refractivity contribution >= 4 is 11.6 Å². The summed E-state index contributed by atoms with van der Waals surface area (Å²) in [7, 11) is 0. The van der Waals surface area contributed by atoms with E-state index < -0.39 is 0 Å². The molecule has 1 atom stereocenters. The van der Waals surface area contributed by atoms with Crippen LogP contribution in [0.25, 0.3) is 0 Å². The molecule has 1 N–H and O–H groups in total. The van der Waals surface area contributed by atoms with Gasteiger partial charge in [0.25, 0.3) is 5.91 Å². The van der Waals surface area contributed by atoms with Gasteiger partial charge in [0.2, 0.25) is 0 Å². The minimum atomic E-state index is -0.150. The molecular weight excluding hydrogens is 286 g/mol. The van der Waals surface area contributed by atoms with Gasteiger partial charge in [0.1, 0.15) is 5.75 Å². The predicted molar refractivity (Wildman–Crippen MR) is 95.1 cm³/mol. The van der Waals surface area contributed by atoms with Crippen LogP contribution in [0.3, 0.4) is 0 Å². The van der Waals surface area contributed by atoms with E-state index in [0.717, 1.165) is 24.3 Å². The van der Waals surface area contributed by atoms with Crippen molar-refractivity contribution in [2.75, 3.05) is 11.9 Å². The van der Waals surface area contributed by atoms with Gasteiger partial charge in [-0.15, -0.1) is 0 Å². The van der Waals surface area contributed by atoms with E-state index in [0.29, 0.717) is 5.92 Å². The average Bonchev–Trinajstić information content (AvgIpc) is 2.60. The number of hydrogen-bond donors (Lipinski definition) is 1. The van der Waals surface area contributed by atoms with Crippen LogP contribution in [0.4, 0.5) is 5.69 Å². The van der Waals surface area contributed by atoms with E-state index in [-0.39, 0.29) is 12.5 Å². The lowest BCUT2D eigenvalue weighted by atomic mass is 9.99. The topological polar surface area (TPSA) is 38.3 Å². The van der Waals surface area contributed by atoms with Gasteiger partial charge in [-0.3, -0.25) is 4.79 Å². The van der Waals surface area contributed by atoms with Gasteiger partial charge in [-0.25, -0.2) is 0 Å². The van der Waals surface area contributed by atoms with Crippen molar-refractivity contribution in [3.05, 3.63) is 59.7 Å². The van der Waals surface area contributed by atoms with Gasteiger partial charge in [-0.1, -0.05) is 45.0 Å². The second kappa shape index (κ2) is 8.37. The number of ether oxygens (including phenoxy) is 1. The SMILES string of the molecule is CCc1cccc(OCC(=O)Nc2ccc([C@@H](C)CC)cc2)c1. The van der Waals surface area contributed by atoms with Crippen molar-refractivity contribution in [1.29, 1.82) is 0 Å². The second-order valence-electron chi connectivity index (χ2n) is 5.77. The summed E-state index contributed by atoms with van der Waals surface area (Å²) in [5, 5.41) is 2.86. The number of carbonyl (C=O) groups excluding carboxylic acids is 1. The fourth-order valence-electron chi connectivity index (χ4n) is 2.33. The van der Waals surface area contributed by atoms with Crippen LogP contribution in [0.15, 0.2) is 48.5 Å². The molecule has 2 aromatic carbocycles. The van der Waals surface area contributed by atoms with E-state index in [2.05, 4.69) is 38.2 Å². The monoisotopic (exact) mass is 311 g/mol. The fourth-order valence-corrected chi connectivity index (χ4v) is 2.33. The smallest absolute Gasteiger partial charge is 0.262 e. The average molecular weight is 311 g/mol. The molecule has 0 heterocycles. The maximum absolute atomic E-state index is 12.0. The Labute approximate surface area is 138 Å². The van der Waals surface area contributed by atoms with Crippen LogP contribution in [0.1, 0.15) is 44.2 Å². The molecule has 2 rings (SSSR count). The third-order valence-corrected chi connectivity index (χ3v) is 4.05. The standard InChI is InChI=1S/C20H25NO2/c1-4-15(3)17-9-11-18(12-10-17)21-20(22)14-23-19-8-6-7-16(5-2)13-19/h6-13,15H,4-5,14H2,1-3H3,(H,21,22)/t15-/m0/s1. The van der Waals surface area contributed by atoms with E-state index in [1.807, 2.05) is 36.4 Å². The first-order valence-electron chi connectivity index (χ1n) is 8.24. The Bertz CT molecular complexity index is 634. The zero-order valence-corrected chi connectivity index (χ0v) is 14.1. The third-order valence-electron chi connectivity index (χ3n) is 4.05. The largest absolute Gasteiger partial charge is 0.484 e. The molecule has 0 saturated carbocycles. The van der Waals surface area contributed by atoms with Gasteiger partial charge >= 0.3 is 0 Å². The molecule has 0 bridgehead atoms. The molecule has 0 aliphatic rings. The number of anilines is 1. The van der Waals surface area contributed by atoms with Crippen LogP contribution in [0.2, 0.25) is 0 Å². The van der Waals surface area contributed by atoms with Gasteiger partial charge < -0.3 is 10.1 Å². The van der Waals surface area contributed by atoms with E-state index in [4.69, 9.17) is 4.74 Å². The highest BCUT2D eigenvalue weighted by Gasteiger charge is 2.06. The van der Waals surface area contributed by atoms with Gasteiger partial charge in [-0.2, -0.15) is 0 Å². The molecule has 0 fully saturated rings. The molecule has 0 saturated heterocycles. The van der Waals surface area contributed by atoms with Crippen LogP contribution < -0.4 is 10.1 Å². The predicted octanol–water partition coefficient (Wildman–Crippen LogP) is 4.78. The van der Waals surface area contributed by atoms with Crippen LogP contribution in [0, 0.1) is 0 Å². The molecule has 1 amide bonds. The molecule has 0 aliphatic carbocycles. The number of amides is 1. The van der Waals surface area contributed by atoms with Crippen LogP contribution in [-0.4, -0.2) is 12.5 Å². The van der Waals surface area contributed by atoms with Gasteiger partial charge in [0.05, 0.1) is 0 Å². The highest BCUT2D eigenvalue weighted by Crippen LogP contribution is 2.20. The van der Waals surface area contributed by atoms with Crippen molar-refractivity contribution in [2.45, 2.75) is 39.5 Å². The fraction of sp³-hybridized carbons (Fsp3) is 0.350. The highest BCUT2D eigenvalue weighted by atomic mass is 16.5. The number of rotatable bonds is 7. The van der Waals surface area contributed by atoms with E-state index >= 15 is 0 Å². The van der Waals surface area contributed by atoms with E-state index in [1.54, 1.807) is 0 Å². The van der Waals surface area contributed by atoms with E-state index in [9.17, 15) is 4.79 Å². The summed E-state index contributed by atoms with van der Waals surface area (Å²) >= 11 is 0. The van der Waals surface area contributed by atoms with Crippen molar-refractivity contribution < 1.29 is 9.53 Å². The Kier molecular flexibility index (Phi) is 6.21. The Morgan fingerprint density at radius 3 is 2.52 bits per heavy atom. The summed E-state index contributed by atoms with van der Waals surface area (Å²) < 4.78 is 5.55. The molecule has 122 valence electrons. The van der Waals surface area contributed by atoms with Crippen LogP contribution >= 0.6 is 0 Å². The molecule has 0 radical (unpaired) electrons. The molecule has 0 aliphatic heterocycles. The van der Waals surface area contributed by atoms with Crippen molar-refractivity contribution in [3.63, 3.8) is 0 Å². The molecule has 3 nitrogen and oxygen atoms in total. The number of aryl methyl sites for hydroxylation is 1. The zero-order chi connectivity index (χ0) is 16.7. The highest BCUT2D eigenvalue weighted by molar-refractivity contribution is 5.91. The number of carbonyl (C=O) groups is 1. The Morgan fingerprint density at radius 1 is 1.13 bits per heavy atom. The maximum atomic E-state index is 12.0. The van der Waals surface area contributed by atoms with Gasteiger partial charge in [0.15, 0.2) is 6.61 Å². The first-order valence-corrected chi connectivity index (χ1v) is 8.24. The zero-order valence-electron chi connectivity index (χ0n) is 14.1. The van der Waals surface area contributed by atoms with Crippen molar-refractivity contribution in [3.8, 4) is 5.75 Å². The molecule has 0 spiro atoms. The van der Waals surface area contributed by atoms with Crippen molar-refractivity contribution in [1.82, 2.24) is 0 Å². The summed E-state index contributed by atoms with van der Waals surface area (Å²) in [5.41, 5.74) is 3.29. The minimum absolute atomic E-state index is 0.0142. The number of nitrogens with one attached hydrogen (secondary N) is 1. The molecular formula is C20H25NO2. The van der Waals surface area contributed by atoms with Crippen molar-refractivity contribution in [2.24, 2.45) is 0 Å². The second-order valence-corrected chi connectivity index (χ2v) is 5.77. The first-order chi connectivity index (χ1) is 11.1. The van der Waals surface area contributed by atoms with Crippen LogP contribution in [-0.2, 0) is 11.2 Å². The quantitative estimate of drug-likeness (QED) is 0.799. The Hall–Kier alpha value is -2.29. The molecule has 23 heavy (non-hydrogen) atoms. The number of benzene rings is 2. The Morgan fingerprint density at radius 2 is 1.87 bits per heavy atom.